The van der Waals surface area contributed by atoms with Crippen LogP contribution in [0.3, 0.4) is 0 Å². The highest BCUT2D eigenvalue weighted by Crippen LogP contribution is 2.31. The third kappa shape index (κ3) is 2.54. The van der Waals surface area contributed by atoms with Crippen LogP contribution in [0.2, 0.25) is 0 Å². The summed E-state index contributed by atoms with van der Waals surface area (Å²) in [5.41, 5.74) is 6.53. The maximum Gasteiger partial charge on any atom is 0.270 e. The van der Waals surface area contributed by atoms with Gasteiger partial charge >= 0.3 is 0 Å². The first-order valence-corrected chi connectivity index (χ1v) is 5.32. The van der Waals surface area contributed by atoms with E-state index in [2.05, 4.69) is 15.9 Å². The zero-order valence-corrected chi connectivity index (χ0v) is 10.2. The monoisotopic (exact) mass is 272 g/mol. The van der Waals surface area contributed by atoms with Gasteiger partial charge in [0.15, 0.2) is 0 Å². The maximum atomic E-state index is 10.5. The van der Waals surface area contributed by atoms with E-state index >= 15 is 0 Å². The summed E-state index contributed by atoms with van der Waals surface area (Å²) in [4.78, 5) is 10.1. The van der Waals surface area contributed by atoms with E-state index in [4.69, 9.17) is 5.73 Å². The fourth-order valence-corrected chi connectivity index (χ4v) is 2.18. The molecule has 1 aromatic carbocycles. The van der Waals surface area contributed by atoms with Crippen molar-refractivity contribution in [2.45, 2.75) is 19.3 Å². The Kier molecular flexibility index (Phi) is 3.46. The summed E-state index contributed by atoms with van der Waals surface area (Å²) in [6.45, 7) is 4.49. The molecule has 1 aromatic rings. The Labute approximate surface area is 96.8 Å². The minimum absolute atomic E-state index is 0.0819. The Morgan fingerprint density at radius 1 is 1.53 bits per heavy atom. The van der Waals surface area contributed by atoms with Crippen LogP contribution in [0.15, 0.2) is 22.7 Å². The Hall–Kier alpha value is -0.940. The van der Waals surface area contributed by atoms with E-state index in [1.807, 2.05) is 13.8 Å². The summed E-state index contributed by atoms with van der Waals surface area (Å²) < 4.78 is 0.729. The van der Waals surface area contributed by atoms with Crippen molar-refractivity contribution in [3.05, 3.63) is 38.3 Å². The van der Waals surface area contributed by atoms with E-state index in [0.717, 1.165) is 10.0 Å². The first-order valence-electron chi connectivity index (χ1n) is 4.53. The van der Waals surface area contributed by atoms with Gasteiger partial charge in [-0.25, -0.2) is 0 Å². The molecule has 0 bridgehead atoms. The number of nitro benzene ring substituents is 1. The number of hydrogen-bond acceptors (Lipinski definition) is 3. The minimum Gasteiger partial charge on any atom is -0.330 e. The molecule has 0 aliphatic carbocycles. The van der Waals surface area contributed by atoms with Crippen LogP contribution in [-0.4, -0.2) is 11.5 Å². The lowest BCUT2D eigenvalue weighted by Crippen LogP contribution is -2.28. The van der Waals surface area contributed by atoms with E-state index in [1.54, 1.807) is 6.07 Å². The normalized spacial score (nSPS) is 11.5. The molecular formula is C10H13BrN2O2. The number of nitrogens with zero attached hydrogens (tertiary/aromatic N) is 1. The van der Waals surface area contributed by atoms with Crippen molar-refractivity contribution >= 4 is 21.6 Å². The topological polar surface area (TPSA) is 69.2 Å². The zero-order chi connectivity index (χ0) is 11.6. The van der Waals surface area contributed by atoms with Gasteiger partial charge in [-0.3, -0.25) is 10.1 Å². The summed E-state index contributed by atoms with van der Waals surface area (Å²) in [6.07, 6.45) is 0. The first-order chi connectivity index (χ1) is 6.88. The number of nitrogens with two attached hydrogens (primary N) is 1. The SMILES string of the molecule is CC(C)(CN)c1ccc([N+](=O)[O-])cc1Br. The smallest absolute Gasteiger partial charge is 0.270 e. The number of non-ortho nitro benzene ring substituents is 1. The molecular weight excluding hydrogens is 260 g/mol. The molecule has 0 aliphatic heterocycles. The lowest BCUT2D eigenvalue weighted by Gasteiger charge is -2.24. The van der Waals surface area contributed by atoms with Gasteiger partial charge < -0.3 is 5.73 Å². The van der Waals surface area contributed by atoms with Crippen LogP contribution < -0.4 is 5.73 Å². The van der Waals surface area contributed by atoms with Crippen molar-refractivity contribution in [2.75, 3.05) is 6.54 Å². The van der Waals surface area contributed by atoms with Crippen molar-refractivity contribution in [2.24, 2.45) is 5.73 Å². The van der Waals surface area contributed by atoms with Crippen molar-refractivity contribution < 1.29 is 4.92 Å². The van der Waals surface area contributed by atoms with Crippen molar-refractivity contribution in [3.63, 3.8) is 0 Å². The lowest BCUT2D eigenvalue weighted by atomic mass is 9.85. The molecule has 0 saturated carbocycles. The summed E-state index contributed by atoms with van der Waals surface area (Å²) >= 11 is 3.33. The largest absolute Gasteiger partial charge is 0.330 e. The van der Waals surface area contributed by atoms with Crippen LogP contribution in [0.4, 0.5) is 5.69 Å². The van der Waals surface area contributed by atoms with Crippen LogP contribution in [0.1, 0.15) is 19.4 Å². The number of hydrogen-bond donors (Lipinski definition) is 1. The van der Waals surface area contributed by atoms with Crippen LogP contribution in [0.5, 0.6) is 0 Å². The van der Waals surface area contributed by atoms with Crippen LogP contribution in [-0.2, 0) is 5.41 Å². The molecule has 0 aromatic heterocycles. The predicted molar refractivity (Wildman–Crippen MR) is 62.9 cm³/mol. The van der Waals surface area contributed by atoms with E-state index in [1.165, 1.54) is 12.1 Å². The molecule has 1 rings (SSSR count). The molecule has 0 unspecified atom stereocenters. The summed E-state index contributed by atoms with van der Waals surface area (Å²) in [5.74, 6) is 0. The second-order valence-corrected chi connectivity index (χ2v) is 4.86. The van der Waals surface area contributed by atoms with Gasteiger partial charge in [-0.1, -0.05) is 35.8 Å². The predicted octanol–water partition coefficient (Wildman–Crippen LogP) is 2.59. The molecule has 0 heterocycles. The summed E-state index contributed by atoms with van der Waals surface area (Å²) in [5, 5.41) is 10.5. The standard InChI is InChI=1S/C10H13BrN2O2/c1-10(2,6-12)8-4-3-7(13(14)15)5-9(8)11/h3-5H,6,12H2,1-2H3. The Balaban J connectivity index is 3.19. The Bertz CT molecular complexity index is 391. The minimum atomic E-state index is -0.413. The Morgan fingerprint density at radius 3 is 2.53 bits per heavy atom. The van der Waals surface area contributed by atoms with E-state index in [9.17, 15) is 10.1 Å². The highest BCUT2D eigenvalue weighted by atomic mass is 79.9. The second kappa shape index (κ2) is 4.28. The molecule has 0 amide bonds. The number of halogens is 1. The van der Waals surface area contributed by atoms with Crippen LogP contribution in [0, 0.1) is 10.1 Å². The molecule has 0 atom stereocenters. The van der Waals surface area contributed by atoms with Crippen molar-refractivity contribution in [1.29, 1.82) is 0 Å². The van der Waals surface area contributed by atoms with Gasteiger partial charge in [-0.2, -0.15) is 0 Å². The highest BCUT2D eigenvalue weighted by molar-refractivity contribution is 9.10. The molecule has 5 heteroatoms. The molecule has 0 fully saturated rings. The molecule has 15 heavy (non-hydrogen) atoms. The quantitative estimate of drug-likeness (QED) is 0.679. The van der Waals surface area contributed by atoms with Gasteiger partial charge in [-0.15, -0.1) is 0 Å². The maximum absolute atomic E-state index is 10.5. The molecule has 2 N–H and O–H groups in total. The Morgan fingerprint density at radius 2 is 2.13 bits per heavy atom. The molecule has 0 radical (unpaired) electrons. The zero-order valence-electron chi connectivity index (χ0n) is 8.66. The lowest BCUT2D eigenvalue weighted by molar-refractivity contribution is -0.384. The van der Waals surface area contributed by atoms with E-state index in [0.29, 0.717) is 6.54 Å². The van der Waals surface area contributed by atoms with Crippen LogP contribution >= 0.6 is 15.9 Å². The van der Waals surface area contributed by atoms with Gasteiger partial charge in [0.1, 0.15) is 0 Å². The molecule has 82 valence electrons. The van der Waals surface area contributed by atoms with Crippen molar-refractivity contribution in [1.82, 2.24) is 0 Å². The number of rotatable bonds is 3. The van der Waals surface area contributed by atoms with E-state index in [-0.39, 0.29) is 11.1 Å². The average Bonchev–Trinajstić information content (AvgIpc) is 2.17. The average molecular weight is 273 g/mol. The molecule has 0 saturated heterocycles. The second-order valence-electron chi connectivity index (χ2n) is 4.01. The first kappa shape index (κ1) is 12.1. The molecule has 0 spiro atoms. The number of benzene rings is 1. The van der Waals surface area contributed by atoms with Crippen LogP contribution in [0.25, 0.3) is 0 Å². The molecule has 4 nitrogen and oxygen atoms in total. The van der Waals surface area contributed by atoms with Gasteiger partial charge in [-0.05, 0) is 5.56 Å². The summed E-state index contributed by atoms with van der Waals surface area (Å²) in [6, 6.07) is 4.75. The van der Waals surface area contributed by atoms with Gasteiger partial charge in [0.2, 0.25) is 0 Å². The number of nitro groups is 1. The molecule has 0 aliphatic rings. The van der Waals surface area contributed by atoms with Gasteiger partial charge in [0.05, 0.1) is 4.92 Å². The fraction of sp³-hybridized carbons (Fsp3) is 0.400. The third-order valence-corrected chi connectivity index (χ3v) is 3.06. The van der Waals surface area contributed by atoms with Gasteiger partial charge in [0, 0.05) is 28.6 Å². The summed E-state index contributed by atoms with van der Waals surface area (Å²) in [7, 11) is 0. The van der Waals surface area contributed by atoms with Gasteiger partial charge in [0.25, 0.3) is 5.69 Å². The third-order valence-electron chi connectivity index (χ3n) is 2.40. The van der Waals surface area contributed by atoms with E-state index < -0.39 is 4.92 Å². The fourth-order valence-electron chi connectivity index (χ4n) is 1.28. The highest BCUT2D eigenvalue weighted by Gasteiger charge is 2.22. The van der Waals surface area contributed by atoms with Crippen molar-refractivity contribution in [3.8, 4) is 0 Å².